The molecule has 0 aromatic carbocycles. The fourth-order valence-corrected chi connectivity index (χ4v) is 3.49. The van der Waals surface area contributed by atoms with Crippen LogP contribution in [0, 0.1) is 0 Å². The van der Waals surface area contributed by atoms with E-state index in [1.165, 1.54) is 63.4 Å². The lowest BCUT2D eigenvalue weighted by Gasteiger charge is -2.21. The minimum absolute atomic E-state index is 1.19. The molecule has 0 atom stereocenters. The van der Waals surface area contributed by atoms with Crippen molar-refractivity contribution in [3.8, 4) is 0 Å². The first kappa shape index (κ1) is 14.4. The van der Waals surface area contributed by atoms with Gasteiger partial charge in [0, 0.05) is 0 Å². The van der Waals surface area contributed by atoms with E-state index >= 15 is 0 Å². The van der Waals surface area contributed by atoms with Crippen molar-refractivity contribution in [1.29, 1.82) is 0 Å². The SMILES string of the molecule is C1=CCCCC(/C2=C(C3=CC=CCC3)/C=C\CCCC2)=C1. The van der Waals surface area contributed by atoms with Gasteiger partial charge in [-0.05, 0) is 80.1 Å². The summed E-state index contributed by atoms with van der Waals surface area (Å²) >= 11 is 0. The van der Waals surface area contributed by atoms with Crippen molar-refractivity contribution < 1.29 is 0 Å². The molecule has 3 aliphatic rings. The number of rotatable bonds is 2. The van der Waals surface area contributed by atoms with Crippen molar-refractivity contribution in [2.75, 3.05) is 0 Å². The molecule has 0 aromatic rings. The molecule has 110 valence electrons. The Morgan fingerprint density at radius 3 is 2.29 bits per heavy atom. The third-order valence-corrected chi connectivity index (χ3v) is 4.66. The Morgan fingerprint density at radius 2 is 1.43 bits per heavy atom. The van der Waals surface area contributed by atoms with Gasteiger partial charge in [0.1, 0.15) is 0 Å². The van der Waals surface area contributed by atoms with Gasteiger partial charge in [-0.3, -0.25) is 0 Å². The zero-order valence-electron chi connectivity index (χ0n) is 13.0. The van der Waals surface area contributed by atoms with Crippen molar-refractivity contribution >= 4 is 0 Å². The molecule has 0 spiro atoms. The second kappa shape index (κ2) is 7.45. The molecule has 0 heterocycles. The van der Waals surface area contributed by atoms with E-state index in [2.05, 4.69) is 48.6 Å². The molecule has 0 nitrogen and oxygen atoms in total. The Hall–Kier alpha value is -1.56. The van der Waals surface area contributed by atoms with E-state index in [1.54, 1.807) is 16.7 Å². The summed E-state index contributed by atoms with van der Waals surface area (Å²) in [6, 6.07) is 0. The molecule has 0 N–H and O–H groups in total. The van der Waals surface area contributed by atoms with Gasteiger partial charge in [0.25, 0.3) is 0 Å². The van der Waals surface area contributed by atoms with E-state index in [9.17, 15) is 0 Å². The zero-order chi connectivity index (χ0) is 14.3. The molecule has 0 bridgehead atoms. The Morgan fingerprint density at radius 1 is 0.619 bits per heavy atom. The maximum Gasteiger partial charge on any atom is -0.0193 e. The van der Waals surface area contributed by atoms with Crippen LogP contribution in [0.1, 0.15) is 57.8 Å². The van der Waals surface area contributed by atoms with Crippen molar-refractivity contribution in [3.05, 3.63) is 70.9 Å². The average Bonchev–Trinajstić information content (AvgIpc) is 2.77. The van der Waals surface area contributed by atoms with Crippen LogP contribution in [0.5, 0.6) is 0 Å². The largest absolute Gasteiger partial charge is 0.0845 e. The van der Waals surface area contributed by atoms with Crippen molar-refractivity contribution in [3.63, 3.8) is 0 Å². The van der Waals surface area contributed by atoms with E-state index in [1.807, 2.05) is 0 Å². The maximum atomic E-state index is 2.41. The van der Waals surface area contributed by atoms with Crippen LogP contribution in [0.3, 0.4) is 0 Å². The average molecular weight is 278 g/mol. The summed E-state index contributed by atoms with van der Waals surface area (Å²) in [5.74, 6) is 0. The third-order valence-electron chi connectivity index (χ3n) is 4.66. The van der Waals surface area contributed by atoms with Crippen LogP contribution in [0.4, 0.5) is 0 Å². The summed E-state index contributed by atoms with van der Waals surface area (Å²) in [5, 5.41) is 0. The molecule has 21 heavy (non-hydrogen) atoms. The van der Waals surface area contributed by atoms with Gasteiger partial charge in [-0.1, -0.05) is 48.6 Å². The molecule has 0 amide bonds. The van der Waals surface area contributed by atoms with Gasteiger partial charge in [0.05, 0.1) is 0 Å². The fourth-order valence-electron chi connectivity index (χ4n) is 3.49. The van der Waals surface area contributed by atoms with Crippen LogP contribution in [-0.2, 0) is 0 Å². The summed E-state index contributed by atoms with van der Waals surface area (Å²) in [7, 11) is 0. The van der Waals surface area contributed by atoms with Crippen LogP contribution in [-0.4, -0.2) is 0 Å². The van der Waals surface area contributed by atoms with Crippen LogP contribution in [0.25, 0.3) is 0 Å². The lowest BCUT2D eigenvalue weighted by molar-refractivity contribution is 0.724. The quantitative estimate of drug-likeness (QED) is 0.551. The molecule has 0 fully saturated rings. The monoisotopic (exact) mass is 278 g/mol. The van der Waals surface area contributed by atoms with Gasteiger partial charge in [0.15, 0.2) is 0 Å². The molecule has 3 aliphatic carbocycles. The van der Waals surface area contributed by atoms with E-state index < -0.39 is 0 Å². The Kier molecular flexibility index (Phi) is 5.10. The second-order valence-corrected chi connectivity index (χ2v) is 6.21. The van der Waals surface area contributed by atoms with Crippen LogP contribution in [0.2, 0.25) is 0 Å². The molecule has 0 unspecified atom stereocenters. The zero-order valence-corrected chi connectivity index (χ0v) is 13.0. The topological polar surface area (TPSA) is 0 Å². The summed E-state index contributed by atoms with van der Waals surface area (Å²) < 4.78 is 0. The van der Waals surface area contributed by atoms with Crippen LogP contribution >= 0.6 is 0 Å². The van der Waals surface area contributed by atoms with Gasteiger partial charge in [-0.15, -0.1) is 0 Å². The van der Waals surface area contributed by atoms with Gasteiger partial charge in [-0.2, -0.15) is 0 Å². The molecule has 0 radical (unpaired) electrons. The van der Waals surface area contributed by atoms with E-state index in [0.29, 0.717) is 0 Å². The number of hydrogen-bond acceptors (Lipinski definition) is 0. The highest BCUT2D eigenvalue weighted by Crippen LogP contribution is 2.34. The van der Waals surface area contributed by atoms with Crippen molar-refractivity contribution in [1.82, 2.24) is 0 Å². The van der Waals surface area contributed by atoms with Crippen LogP contribution < -0.4 is 0 Å². The Labute approximate surface area is 129 Å². The molecule has 0 saturated carbocycles. The second-order valence-electron chi connectivity index (χ2n) is 6.21. The van der Waals surface area contributed by atoms with Crippen molar-refractivity contribution in [2.45, 2.75) is 57.8 Å². The van der Waals surface area contributed by atoms with Crippen LogP contribution in [0.15, 0.2) is 70.9 Å². The standard InChI is InChI=1S/C21H26/c1-2-7-13-18(12-6-1)20-16-10-3-4-11-17-21(20)19-14-8-5-9-15-19/h1,5-6,8,11-12,14,17H,2-4,7,9-10,13,15-16H2/b17-11-,21-20-. The summed E-state index contributed by atoms with van der Waals surface area (Å²) in [6.07, 6.45) is 29.9. The highest BCUT2D eigenvalue weighted by atomic mass is 14.2. The fraction of sp³-hybridized carbons (Fsp3) is 0.429. The third kappa shape index (κ3) is 3.75. The molecule has 3 rings (SSSR count). The molecular weight excluding hydrogens is 252 g/mol. The normalized spacial score (nSPS) is 28.2. The number of hydrogen-bond donors (Lipinski definition) is 0. The summed E-state index contributed by atoms with van der Waals surface area (Å²) in [5.41, 5.74) is 6.28. The first-order valence-corrected chi connectivity index (χ1v) is 8.57. The predicted octanol–water partition coefficient (Wildman–Crippen LogP) is 6.36. The van der Waals surface area contributed by atoms with Gasteiger partial charge in [0.2, 0.25) is 0 Å². The molecule has 0 aromatic heterocycles. The predicted molar refractivity (Wildman–Crippen MR) is 92.2 cm³/mol. The van der Waals surface area contributed by atoms with Gasteiger partial charge in [-0.25, -0.2) is 0 Å². The highest BCUT2D eigenvalue weighted by molar-refractivity contribution is 5.53. The molecular formula is C21H26. The first-order valence-electron chi connectivity index (χ1n) is 8.57. The van der Waals surface area contributed by atoms with E-state index in [0.717, 1.165) is 0 Å². The lowest BCUT2D eigenvalue weighted by Crippen LogP contribution is -2.02. The summed E-state index contributed by atoms with van der Waals surface area (Å²) in [4.78, 5) is 0. The minimum atomic E-state index is 1.19. The van der Waals surface area contributed by atoms with E-state index in [4.69, 9.17) is 0 Å². The Balaban J connectivity index is 2.02. The molecule has 0 saturated heterocycles. The first-order chi connectivity index (χ1) is 10.4. The summed E-state index contributed by atoms with van der Waals surface area (Å²) in [6.45, 7) is 0. The smallest absolute Gasteiger partial charge is 0.0193 e. The number of allylic oxidation sites excluding steroid dienone is 12. The minimum Gasteiger partial charge on any atom is -0.0845 e. The maximum absolute atomic E-state index is 2.41. The van der Waals surface area contributed by atoms with Gasteiger partial charge >= 0.3 is 0 Å². The van der Waals surface area contributed by atoms with E-state index in [-0.39, 0.29) is 0 Å². The van der Waals surface area contributed by atoms with Crippen molar-refractivity contribution in [2.24, 2.45) is 0 Å². The Bertz CT molecular complexity index is 547. The molecule has 0 heteroatoms. The lowest BCUT2D eigenvalue weighted by atomic mass is 9.84. The molecule has 0 aliphatic heterocycles. The van der Waals surface area contributed by atoms with Gasteiger partial charge < -0.3 is 0 Å². The highest BCUT2D eigenvalue weighted by Gasteiger charge is 2.15.